The fourth-order valence-electron chi connectivity index (χ4n) is 2.94. The Morgan fingerprint density at radius 1 is 0.769 bits per heavy atom. The molecule has 6 heteroatoms. The van der Waals surface area contributed by atoms with Crippen molar-refractivity contribution in [3.63, 3.8) is 0 Å². The molecule has 0 saturated heterocycles. The third-order valence-electron chi connectivity index (χ3n) is 4.31. The fraction of sp³-hybridized carbons (Fsp3) is 0.250. The molecule has 0 amide bonds. The van der Waals surface area contributed by atoms with Gasteiger partial charge in [0.2, 0.25) is 0 Å². The molecule has 136 valence electrons. The van der Waals surface area contributed by atoms with E-state index < -0.39 is 6.10 Å². The molecule has 0 spiro atoms. The highest BCUT2D eigenvalue weighted by molar-refractivity contribution is 5.88. The molecule has 1 aromatic heterocycles. The maximum absolute atomic E-state index is 11.0. The number of fused-ring (bicyclic) bond motifs is 1. The minimum absolute atomic E-state index is 0.552. The molecular formula is C20H21NO5. The lowest BCUT2D eigenvalue weighted by molar-refractivity contribution is 0.220. The van der Waals surface area contributed by atoms with Gasteiger partial charge >= 0.3 is 0 Å². The van der Waals surface area contributed by atoms with Crippen LogP contribution >= 0.6 is 0 Å². The quantitative estimate of drug-likeness (QED) is 0.731. The predicted octanol–water partition coefficient (Wildman–Crippen LogP) is 3.35. The van der Waals surface area contributed by atoms with Crippen LogP contribution in [-0.4, -0.2) is 38.5 Å². The Morgan fingerprint density at radius 2 is 1.38 bits per heavy atom. The van der Waals surface area contributed by atoms with Crippen LogP contribution < -0.4 is 18.9 Å². The SMILES string of the molecule is COc1ccc(C(O)c2cncc3cc(OC)c(OC)cc23)cc1OC. The number of pyridine rings is 1. The number of methoxy groups -OCH3 is 4. The Morgan fingerprint density at radius 3 is 2.04 bits per heavy atom. The lowest BCUT2D eigenvalue weighted by atomic mass is 9.97. The molecular weight excluding hydrogens is 334 g/mol. The van der Waals surface area contributed by atoms with Gasteiger partial charge in [0.05, 0.1) is 28.4 Å². The van der Waals surface area contributed by atoms with Crippen molar-refractivity contribution in [2.24, 2.45) is 0 Å². The van der Waals surface area contributed by atoms with Crippen LogP contribution in [0.1, 0.15) is 17.2 Å². The van der Waals surface area contributed by atoms with Crippen molar-refractivity contribution >= 4 is 10.8 Å². The van der Waals surface area contributed by atoms with Crippen LogP contribution in [0.2, 0.25) is 0 Å². The van der Waals surface area contributed by atoms with Gasteiger partial charge in [0.1, 0.15) is 6.10 Å². The minimum Gasteiger partial charge on any atom is -0.493 e. The van der Waals surface area contributed by atoms with Gasteiger partial charge in [0, 0.05) is 23.3 Å². The second-order valence-electron chi connectivity index (χ2n) is 5.67. The van der Waals surface area contributed by atoms with Crippen molar-refractivity contribution in [3.8, 4) is 23.0 Å². The van der Waals surface area contributed by atoms with Gasteiger partial charge in [0.15, 0.2) is 23.0 Å². The first-order valence-electron chi connectivity index (χ1n) is 8.02. The van der Waals surface area contributed by atoms with E-state index in [1.807, 2.05) is 12.1 Å². The highest BCUT2D eigenvalue weighted by atomic mass is 16.5. The number of ether oxygens (including phenoxy) is 4. The number of hydrogen-bond acceptors (Lipinski definition) is 6. The van der Waals surface area contributed by atoms with E-state index in [-0.39, 0.29) is 0 Å². The molecule has 0 aliphatic rings. The average Bonchev–Trinajstić information content (AvgIpc) is 2.70. The van der Waals surface area contributed by atoms with Crippen LogP contribution in [0.4, 0.5) is 0 Å². The van der Waals surface area contributed by atoms with Crippen molar-refractivity contribution < 1.29 is 24.1 Å². The Balaban J connectivity index is 2.12. The predicted molar refractivity (Wildman–Crippen MR) is 98.5 cm³/mol. The summed E-state index contributed by atoms with van der Waals surface area (Å²) in [6, 6.07) is 9.00. The topological polar surface area (TPSA) is 70.0 Å². The van der Waals surface area contributed by atoms with Gasteiger partial charge in [-0.1, -0.05) is 6.07 Å². The number of hydrogen-bond donors (Lipinski definition) is 1. The highest BCUT2D eigenvalue weighted by Crippen LogP contribution is 2.37. The van der Waals surface area contributed by atoms with Gasteiger partial charge < -0.3 is 24.1 Å². The van der Waals surface area contributed by atoms with E-state index in [0.29, 0.717) is 34.1 Å². The molecule has 1 unspecified atom stereocenters. The summed E-state index contributed by atoms with van der Waals surface area (Å²) in [6.07, 6.45) is 2.49. The van der Waals surface area contributed by atoms with E-state index in [0.717, 1.165) is 10.8 Å². The summed E-state index contributed by atoms with van der Waals surface area (Å²) < 4.78 is 21.3. The first-order valence-corrected chi connectivity index (χ1v) is 8.02. The first kappa shape index (κ1) is 17.8. The van der Waals surface area contributed by atoms with Gasteiger partial charge in [-0.3, -0.25) is 4.98 Å². The molecule has 6 nitrogen and oxygen atoms in total. The van der Waals surface area contributed by atoms with Crippen LogP contribution in [0.25, 0.3) is 10.8 Å². The maximum Gasteiger partial charge on any atom is 0.161 e. The Bertz CT molecular complexity index is 925. The first-order chi connectivity index (χ1) is 12.6. The molecule has 0 aliphatic carbocycles. The van der Waals surface area contributed by atoms with E-state index in [4.69, 9.17) is 18.9 Å². The summed E-state index contributed by atoms with van der Waals surface area (Å²) in [5, 5.41) is 12.6. The average molecular weight is 355 g/mol. The maximum atomic E-state index is 11.0. The number of benzene rings is 2. The zero-order valence-corrected chi connectivity index (χ0v) is 15.1. The van der Waals surface area contributed by atoms with Crippen LogP contribution in [0.3, 0.4) is 0 Å². The third-order valence-corrected chi connectivity index (χ3v) is 4.31. The molecule has 1 heterocycles. The summed E-state index contributed by atoms with van der Waals surface area (Å²) in [5.74, 6) is 2.36. The van der Waals surface area contributed by atoms with Gasteiger partial charge in [-0.15, -0.1) is 0 Å². The van der Waals surface area contributed by atoms with Gasteiger partial charge in [-0.25, -0.2) is 0 Å². The number of nitrogens with zero attached hydrogens (tertiary/aromatic N) is 1. The summed E-state index contributed by atoms with van der Waals surface area (Å²) in [7, 11) is 6.29. The minimum atomic E-state index is -0.885. The van der Waals surface area contributed by atoms with Crippen molar-refractivity contribution in [1.29, 1.82) is 0 Å². The Labute approximate surface area is 151 Å². The molecule has 0 saturated carbocycles. The third kappa shape index (κ3) is 3.11. The van der Waals surface area contributed by atoms with Crippen molar-refractivity contribution in [1.82, 2.24) is 4.98 Å². The molecule has 26 heavy (non-hydrogen) atoms. The van der Waals surface area contributed by atoms with Crippen LogP contribution in [-0.2, 0) is 0 Å². The normalized spacial score (nSPS) is 11.9. The van der Waals surface area contributed by atoms with Gasteiger partial charge in [0.25, 0.3) is 0 Å². The summed E-state index contributed by atoms with van der Waals surface area (Å²) in [4.78, 5) is 4.25. The second kappa shape index (κ2) is 7.49. The molecule has 2 aromatic carbocycles. The smallest absolute Gasteiger partial charge is 0.161 e. The van der Waals surface area contributed by atoms with E-state index >= 15 is 0 Å². The summed E-state index contributed by atoms with van der Waals surface area (Å²) in [5.41, 5.74) is 1.34. The molecule has 1 atom stereocenters. The van der Waals surface area contributed by atoms with Gasteiger partial charge in [-0.05, 0) is 35.2 Å². The van der Waals surface area contributed by atoms with E-state index in [1.54, 1.807) is 59.0 Å². The van der Waals surface area contributed by atoms with Crippen LogP contribution in [0, 0.1) is 0 Å². The molecule has 3 aromatic rings. The van der Waals surface area contributed by atoms with Crippen molar-refractivity contribution in [2.75, 3.05) is 28.4 Å². The monoisotopic (exact) mass is 355 g/mol. The highest BCUT2D eigenvalue weighted by Gasteiger charge is 2.18. The fourth-order valence-corrected chi connectivity index (χ4v) is 2.94. The lowest BCUT2D eigenvalue weighted by Gasteiger charge is -2.17. The molecule has 3 rings (SSSR count). The number of aliphatic hydroxyl groups excluding tert-OH is 1. The molecule has 1 N–H and O–H groups in total. The Hall–Kier alpha value is -2.99. The summed E-state index contributed by atoms with van der Waals surface area (Å²) >= 11 is 0. The summed E-state index contributed by atoms with van der Waals surface area (Å²) in [6.45, 7) is 0. The Kier molecular flexibility index (Phi) is 5.14. The largest absolute Gasteiger partial charge is 0.493 e. The molecule has 0 fully saturated rings. The zero-order valence-electron chi connectivity index (χ0n) is 15.1. The van der Waals surface area contributed by atoms with Crippen molar-refractivity contribution in [3.05, 3.63) is 53.9 Å². The number of aromatic nitrogens is 1. The second-order valence-corrected chi connectivity index (χ2v) is 5.67. The lowest BCUT2D eigenvalue weighted by Crippen LogP contribution is -2.03. The zero-order chi connectivity index (χ0) is 18.7. The standard InChI is InChI=1S/C20H21NO5/c1-23-16-6-5-12(7-17(16)24-2)20(22)15-11-21-10-13-8-18(25-3)19(26-4)9-14(13)15/h5-11,20,22H,1-4H3. The molecule has 0 aliphatic heterocycles. The van der Waals surface area contributed by atoms with E-state index in [2.05, 4.69) is 4.98 Å². The van der Waals surface area contributed by atoms with Gasteiger partial charge in [-0.2, -0.15) is 0 Å². The van der Waals surface area contributed by atoms with E-state index in [1.165, 1.54) is 0 Å². The molecule has 0 bridgehead atoms. The van der Waals surface area contributed by atoms with Crippen molar-refractivity contribution in [2.45, 2.75) is 6.10 Å². The van der Waals surface area contributed by atoms with Crippen LogP contribution in [0.5, 0.6) is 23.0 Å². The van der Waals surface area contributed by atoms with Crippen LogP contribution in [0.15, 0.2) is 42.7 Å². The van der Waals surface area contributed by atoms with E-state index in [9.17, 15) is 5.11 Å². The number of rotatable bonds is 6. The molecule has 0 radical (unpaired) electrons. The number of aliphatic hydroxyl groups is 1.